The molecule has 0 atom stereocenters. The molecule has 3 rings (SSSR count). The van der Waals surface area contributed by atoms with Gasteiger partial charge in [0, 0.05) is 37.9 Å². The Labute approximate surface area is 150 Å². The van der Waals surface area contributed by atoms with E-state index in [0.29, 0.717) is 5.69 Å². The molecule has 0 aliphatic heterocycles. The smallest absolute Gasteiger partial charge is 0.332 e. The standard InChI is InChI=1S/C15H15N5O5S/c1-18-10(6-12(22)19(2)15(18)24)17-11(21)8-25-13(23)5-9-7-20-3-4-26-14(20)16-9/h3-4,6-7H,5,8H2,1-2H3,(H,17,21). The lowest BCUT2D eigenvalue weighted by atomic mass is 10.3. The van der Waals surface area contributed by atoms with Gasteiger partial charge in [0.05, 0.1) is 12.1 Å². The van der Waals surface area contributed by atoms with Crippen molar-refractivity contribution in [3.05, 3.63) is 50.4 Å². The molecule has 0 unspecified atom stereocenters. The quantitative estimate of drug-likeness (QED) is 0.600. The molecule has 0 aromatic carbocycles. The van der Waals surface area contributed by atoms with Crippen LogP contribution in [0.15, 0.2) is 33.4 Å². The largest absolute Gasteiger partial charge is 0.455 e. The fraction of sp³-hybridized carbons (Fsp3) is 0.267. The minimum absolute atomic E-state index is 0.0217. The molecule has 0 radical (unpaired) electrons. The van der Waals surface area contributed by atoms with Crippen LogP contribution in [-0.4, -0.2) is 37.0 Å². The normalized spacial score (nSPS) is 10.8. The molecule has 136 valence electrons. The van der Waals surface area contributed by atoms with Gasteiger partial charge in [-0.05, 0) is 0 Å². The molecule has 3 heterocycles. The van der Waals surface area contributed by atoms with Crippen LogP contribution in [0.25, 0.3) is 4.96 Å². The molecule has 0 aliphatic carbocycles. The van der Waals surface area contributed by atoms with Gasteiger partial charge in [0.2, 0.25) is 0 Å². The second kappa shape index (κ2) is 6.96. The maximum Gasteiger partial charge on any atom is 0.332 e. The number of anilines is 1. The minimum Gasteiger partial charge on any atom is -0.455 e. The number of ether oxygens (including phenoxy) is 1. The summed E-state index contributed by atoms with van der Waals surface area (Å²) in [6.45, 7) is -0.537. The number of amides is 1. The molecule has 0 saturated heterocycles. The second-order valence-electron chi connectivity index (χ2n) is 5.48. The summed E-state index contributed by atoms with van der Waals surface area (Å²) in [7, 11) is 2.74. The first-order valence-corrected chi connectivity index (χ1v) is 8.36. The summed E-state index contributed by atoms with van der Waals surface area (Å²) in [4.78, 5) is 52.2. The van der Waals surface area contributed by atoms with Gasteiger partial charge in [-0.15, -0.1) is 11.3 Å². The number of esters is 1. The van der Waals surface area contributed by atoms with E-state index in [-0.39, 0.29) is 12.2 Å². The lowest BCUT2D eigenvalue weighted by molar-refractivity contribution is -0.146. The molecule has 3 aromatic heterocycles. The number of nitrogens with one attached hydrogen (secondary N) is 1. The Bertz CT molecular complexity index is 1080. The third-order valence-electron chi connectivity index (χ3n) is 3.63. The van der Waals surface area contributed by atoms with Crippen LogP contribution in [0.3, 0.4) is 0 Å². The van der Waals surface area contributed by atoms with Crippen LogP contribution in [-0.2, 0) is 34.8 Å². The predicted molar refractivity (Wildman–Crippen MR) is 93.3 cm³/mol. The van der Waals surface area contributed by atoms with E-state index < -0.39 is 29.7 Å². The monoisotopic (exact) mass is 377 g/mol. The Morgan fingerprint density at radius 2 is 2.04 bits per heavy atom. The highest BCUT2D eigenvalue weighted by molar-refractivity contribution is 7.15. The Morgan fingerprint density at radius 1 is 1.27 bits per heavy atom. The fourth-order valence-electron chi connectivity index (χ4n) is 2.24. The van der Waals surface area contributed by atoms with Gasteiger partial charge in [-0.25, -0.2) is 9.78 Å². The Morgan fingerprint density at radius 3 is 2.77 bits per heavy atom. The van der Waals surface area contributed by atoms with E-state index in [1.54, 1.807) is 10.6 Å². The van der Waals surface area contributed by atoms with Crippen molar-refractivity contribution >= 4 is 34.0 Å². The van der Waals surface area contributed by atoms with Crippen LogP contribution < -0.4 is 16.6 Å². The Kier molecular flexibility index (Phi) is 4.71. The Balaban J connectivity index is 1.57. The fourth-order valence-corrected chi connectivity index (χ4v) is 2.96. The van der Waals surface area contributed by atoms with Gasteiger partial charge in [0.15, 0.2) is 11.6 Å². The maximum atomic E-state index is 11.9. The zero-order valence-electron chi connectivity index (χ0n) is 14.0. The molecule has 0 bridgehead atoms. The summed E-state index contributed by atoms with van der Waals surface area (Å²) in [6.07, 6.45) is 3.47. The van der Waals surface area contributed by atoms with Gasteiger partial charge in [0.1, 0.15) is 5.82 Å². The van der Waals surface area contributed by atoms with Crippen molar-refractivity contribution in [1.29, 1.82) is 0 Å². The SMILES string of the molecule is Cn1c(NC(=O)COC(=O)Cc2cn3ccsc3n2)cc(=O)n(C)c1=O. The van der Waals surface area contributed by atoms with E-state index >= 15 is 0 Å². The zero-order chi connectivity index (χ0) is 18.8. The van der Waals surface area contributed by atoms with E-state index in [9.17, 15) is 19.2 Å². The van der Waals surface area contributed by atoms with Crippen LogP contribution in [0.4, 0.5) is 5.82 Å². The predicted octanol–water partition coefficient (Wildman–Crippen LogP) is -0.482. The number of rotatable bonds is 5. The summed E-state index contributed by atoms with van der Waals surface area (Å²) >= 11 is 1.44. The second-order valence-corrected chi connectivity index (χ2v) is 6.35. The topological polar surface area (TPSA) is 117 Å². The van der Waals surface area contributed by atoms with Crippen molar-refractivity contribution in [2.75, 3.05) is 11.9 Å². The van der Waals surface area contributed by atoms with Gasteiger partial charge < -0.3 is 10.1 Å². The van der Waals surface area contributed by atoms with Gasteiger partial charge in [-0.3, -0.25) is 27.9 Å². The van der Waals surface area contributed by atoms with Crippen molar-refractivity contribution in [3.63, 3.8) is 0 Å². The van der Waals surface area contributed by atoms with Crippen LogP contribution in [0.2, 0.25) is 0 Å². The molecule has 0 fully saturated rings. The highest BCUT2D eigenvalue weighted by Gasteiger charge is 2.13. The molecule has 10 nitrogen and oxygen atoms in total. The zero-order valence-corrected chi connectivity index (χ0v) is 14.8. The van der Waals surface area contributed by atoms with E-state index in [0.717, 1.165) is 20.2 Å². The molecular weight excluding hydrogens is 362 g/mol. The van der Waals surface area contributed by atoms with Gasteiger partial charge >= 0.3 is 11.7 Å². The first-order chi connectivity index (χ1) is 12.3. The number of nitrogens with zero attached hydrogens (tertiary/aromatic N) is 4. The number of carbonyl (C=O) groups excluding carboxylic acids is 2. The van der Waals surface area contributed by atoms with Gasteiger partial charge in [0.25, 0.3) is 11.5 Å². The van der Waals surface area contributed by atoms with E-state index in [4.69, 9.17) is 4.74 Å². The van der Waals surface area contributed by atoms with E-state index in [1.807, 2.05) is 11.6 Å². The average molecular weight is 377 g/mol. The van der Waals surface area contributed by atoms with Crippen molar-refractivity contribution in [1.82, 2.24) is 18.5 Å². The number of aromatic nitrogens is 4. The minimum atomic E-state index is -0.660. The van der Waals surface area contributed by atoms with Crippen molar-refractivity contribution < 1.29 is 14.3 Å². The highest BCUT2D eigenvalue weighted by atomic mass is 32.1. The maximum absolute atomic E-state index is 11.9. The molecule has 1 amide bonds. The number of hydrogen-bond donors (Lipinski definition) is 1. The first-order valence-electron chi connectivity index (χ1n) is 7.49. The molecule has 3 aromatic rings. The molecule has 26 heavy (non-hydrogen) atoms. The number of thiazole rings is 1. The summed E-state index contributed by atoms with van der Waals surface area (Å²) in [5.74, 6) is -1.25. The first kappa shape index (κ1) is 17.6. The van der Waals surface area contributed by atoms with Gasteiger partial charge in [-0.1, -0.05) is 0 Å². The molecular formula is C15H15N5O5S. The summed E-state index contributed by atoms with van der Waals surface area (Å²) in [5, 5.41) is 4.25. The third-order valence-corrected chi connectivity index (χ3v) is 4.40. The van der Waals surface area contributed by atoms with Crippen molar-refractivity contribution in [2.24, 2.45) is 14.1 Å². The molecule has 0 spiro atoms. The highest BCUT2D eigenvalue weighted by Crippen LogP contribution is 2.11. The van der Waals surface area contributed by atoms with Crippen LogP contribution in [0.1, 0.15) is 5.69 Å². The summed E-state index contributed by atoms with van der Waals surface area (Å²) < 4.78 is 8.72. The lowest BCUT2D eigenvalue weighted by Gasteiger charge is -2.10. The van der Waals surface area contributed by atoms with Crippen LogP contribution in [0.5, 0.6) is 0 Å². The van der Waals surface area contributed by atoms with Crippen molar-refractivity contribution in [2.45, 2.75) is 6.42 Å². The lowest BCUT2D eigenvalue weighted by Crippen LogP contribution is -2.38. The number of hydrogen-bond acceptors (Lipinski definition) is 7. The Hall–Kier alpha value is -3.21. The average Bonchev–Trinajstić information content (AvgIpc) is 3.17. The third kappa shape index (κ3) is 3.57. The number of carbonyl (C=O) groups is 2. The van der Waals surface area contributed by atoms with Crippen LogP contribution in [0, 0.1) is 0 Å². The van der Waals surface area contributed by atoms with Gasteiger partial charge in [-0.2, -0.15) is 0 Å². The molecule has 0 aliphatic rings. The number of imidazole rings is 1. The molecule has 0 saturated carbocycles. The van der Waals surface area contributed by atoms with E-state index in [1.165, 1.54) is 25.4 Å². The van der Waals surface area contributed by atoms with Crippen molar-refractivity contribution in [3.8, 4) is 0 Å². The summed E-state index contributed by atoms with van der Waals surface area (Å²) in [5.41, 5.74) is -0.596. The van der Waals surface area contributed by atoms with Crippen LogP contribution >= 0.6 is 11.3 Å². The molecule has 1 N–H and O–H groups in total. The number of fused-ring (bicyclic) bond motifs is 1. The van der Waals surface area contributed by atoms with E-state index in [2.05, 4.69) is 10.3 Å². The molecule has 11 heteroatoms. The summed E-state index contributed by atoms with van der Waals surface area (Å²) in [6, 6.07) is 1.11.